The number of pyridine rings is 1. The highest BCUT2D eigenvalue weighted by Gasteiger charge is 2.54. The molecule has 0 radical (unpaired) electrons. The van der Waals surface area contributed by atoms with E-state index in [0.29, 0.717) is 11.3 Å². The summed E-state index contributed by atoms with van der Waals surface area (Å²) >= 11 is 1.31. The van der Waals surface area contributed by atoms with Crippen LogP contribution in [0.15, 0.2) is 69.9 Å². The van der Waals surface area contributed by atoms with Gasteiger partial charge in [0.1, 0.15) is 17.1 Å². The lowest BCUT2D eigenvalue weighted by Crippen LogP contribution is -2.70. The molecule has 2 aliphatic rings. The van der Waals surface area contributed by atoms with E-state index in [4.69, 9.17) is 4.84 Å². The molecule has 2 aromatic rings. The van der Waals surface area contributed by atoms with E-state index in [1.807, 2.05) is 6.07 Å². The van der Waals surface area contributed by atoms with Gasteiger partial charge in [-0.15, -0.1) is 11.8 Å². The van der Waals surface area contributed by atoms with Gasteiger partial charge in [0.2, 0.25) is 5.56 Å². The Morgan fingerprint density at radius 3 is 2.66 bits per heavy atom. The normalized spacial score (nSPS) is 20.0. The van der Waals surface area contributed by atoms with Gasteiger partial charge in [0, 0.05) is 30.6 Å². The number of aliphatic carboxylic acids is 1. The molecule has 0 bridgehead atoms. The number of fused-ring (bicyclic) bond motifs is 1. The van der Waals surface area contributed by atoms with Crippen molar-refractivity contribution in [3.8, 4) is 5.75 Å². The number of aromatic nitrogens is 1. The molecule has 1 fully saturated rings. The highest BCUT2D eigenvalue weighted by Crippen LogP contribution is 2.40. The number of hydrogen-bond acceptors (Lipinski definition) is 7. The highest BCUT2D eigenvalue weighted by molar-refractivity contribution is 8.00. The molecule has 0 saturated carbocycles. The van der Waals surface area contributed by atoms with Crippen molar-refractivity contribution in [2.75, 3.05) is 5.75 Å². The topological polar surface area (TPSA) is 130 Å². The minimum absolute atomic E-state index is 0.188. The summed E-state index contributed by atoms with van der Waals surface area (Å²) in [6.07, 6.45) is 2.65. The molecule has 2 amide bonds. The smallest absolute Gasteiger partial charge is 0.353 e. The van der Waals surface area contributed by atoms with Crippen molar-refractivity contribution in [1.29, 1.82) is 0 Å². The first-order valence-corrected chi connectivity index (χ1v) is 10.6. The maximum Gasteiger partial charge on any atom is 0.353 e. The number of rotatable bonds is 6. The molecule has 2 N–H and O–H groups in total. The number of hydrogen-bond donors (Lipinski definition) is 2. The van der Waals surface area contributed by atoms with Gasteiger partial charge in [-0.2, -0.15) is 0 Å². The summed E-state index contributed by atoms with van der Waals surface area (Å²) in [4.78, 5) is 55.0. The zero-order valence-electron chi connectivity index (χ0n) is 16.8. The number of nitrogens with one attached hydrogen (secondary N) is 1. The third-order valence-corrected chi connectivity index (χ3v) is 6.25. The molecule has 0 unspecified atom stereocenters. The van der Waals surface area contributed by atoms with Crippen LogP contribution in [-0.2, 0) is 16.6 Å². The molecule has 1 aromatic carbocycles. The highest BCUT2D eigenvalue weighted by atomic mass is 32.2. The molecule has 0 aliphatic carbocycles. The third-order valence-electron chi connectivity index (χ3n) is 4.94. The van der Waals surface area contributed by atoms with Crippen LogP contribution in [0.2, 0.25) is 0 Å². The number of carbonyl (C=O) groups excluding carboxylic acids is 2. The SMILES string of the molecule is Cn1cc(C(=O)N[C@@H]2C(=O)N3C(C(=O)O)=C(C=NOc4ccccc4)CS[C@H]23)ccc1=O. The zero-order valence-corrected chi connectivity index (χ0v) is 17.6. The standard InChI is InChI=1S/C21H18N4O6S/c1-24-10-12(7-8-15(24)26)18(27)23-16-19(28)25-17(21(29)30)13(11-32-20(16)25)9-22-31-14-5-3-2-4-6-14/h2-10,16,20H,11H2,1H3,(H,23,27)(H,29,30)/t16-,20-/m1/s1. The number of para-hydroxylation sites is 1. The predicted octanol–water partition coefficient (Wildman–Crippen LogP) is 0.802. The summed E-state index contributed by atoms with van der Waals surface area (Å²) in [6, 6.07) is 10.5. The Labute approximate surface area is 186 Å². The number of oxime groups is 1. The molecule has 10 nitrogen and oxygen atoms in total. The predicted molar refractivity (Wildman–Crippen MR) is 116 cm³/mol. The average molecular weight is 454 g/mol. The van der Waals surface area contributed by atoms with E-state index < -0.39 is 29.2 Å². The molecule has 3 heterocycles. The molecule has 11 heteroatoms. The quantitative estimate of drug-likeness (QED) is 0.375. The second kappa shape index (κ2) is 8.71. The molecule has 4 rings (SSSR count). The van der Waals surface area contributed by atoms with Gasteiger partial charge in [-0.05, 0) is 18.2 Å². The number of β-lactam (4-membered cyclic amide) rings is 1. The Hall–Kier alpha value is -3.86. The van der Waals surface area contributed by atoms with E-state index in [0.717, 1.165) is 4.90 Å². The van der Waals surface area contributed by atoms with Crippen LogP contribution in [0.5, 0.6) is 5.75 Å². The van der Waals surface area contributed by atoms with Crippen molar-refractivity contribution in [3.05, 3.63) is 75.8 Å². The number of aryl methyl sites for hydroxylation is 1. The fourth-order valence-corrected chi connectivity index (χ4v) is 4.62. The molecule has 32 heavy (non-hydrogen) atoms. The molecule has 2 aliphatic heterocycles. The average Bonchev–Trinajstić information content (AvgIpc) is 2.79. The Morgan fingerprint density at radius 1 is 1.22 bits per heavy atom. The van der Waals surface area contributed by atoms with Crippen LogP contribution in [0.1, 0.15) is 10.4 Å². The Morgan fingerprint density at radius 2 is 1.97 bits per heavy atom. The van der Waals surface area contributed by atoms with Crippen molar-refractivity contribution >= 4 is 35.8 Å². The molecule has 164 valence electrons. The summed E-state index contributed by atoms with van der Waals surface area (Å²) in [5, 5.41) is 15.6. The first-order valence-electron chi connectivity index (χ1n) is 9.51. The van der Waals surface area contributed by atoms with Crippen LogP contribution < -0.4 is 15.7 Å². The number of thioether (sulfide) groups is 1. The van der Waals surface area contributed by atoms with Crippen LogP contribution in [-0.4, -0.2) is 55.7 Å². The molecule has 1 aromatic heterocycles. The fourth-order valence-electron chi connectivity index (χ4n) is 3.33. The minimum atomic E-state index is -1.27. The van der Waals surface area contributed by atoms with Crippen LogP contribution in [0.4, 0.5) is 0 Å². The van der Waals surface area contributed by atoms with E-state index in [1.54, 1.807) is 24.3 Å². The Balaban J connectivity index is 1.49. The number of nitrogens with zero attached hydrogens (tertiary/aromatic N) is 3. The first kappa shape index (κ1) is 21.4. The number of amides is 2. The summed E-state index contributed by atoms with van der Waals surface area (Å²) in [7, 11) is 1.51. The maximum atomic E-state index is 12.7. The number of carboxylic acids is 1. The fraction of sp³-hybridized carbons (Fsp3) is 0.190. The molecule has 2 atom stereocenters. The molecular weight excluding hydrogens is 436 g/mol. The van der Waals surface area contributed by atoms with Gasteiger partial charge in [-0.1, -0.05) is 23.4 Å². The molecular formula is C21H18N4O6S. The summed E-state index contributed by atoms with van der Waals surface area (Å²) < 4.78 is 1.26. The van der Waals surface area contributed by atoms with Gasteiger partial charge >= 0.3 is 5.97 Å². The summed E-state index contributed by atoms with van der Waals surface area (Å²) in [5.41, 5.74) is 0.0913. The number of carbonyl (C=O) groups is 3. The summed E-state index contributed by atoms with van der Waals surface area (Å²) in [6.45, 7) is 0. The van der Waals surface area contributed by atoms with Gasteiger partial charge in [-0.25, -0.2) is 4.79 Å². The minimum Gasteiger partial charge on any atom is -0.477 e. The van der Waals surface area contributed by atoms with Crippen molar-refractivity contribution < 1.29 is 24.3 Å². The van der Waals surface area contributed by atoms with Crippen LogP contribution in [0, 0.1) is 0 Å². The van der Waals surface area contributed by atoms with Gasteiger partial charge in [-0.3, -0.25) is 19.3 Å². The van der Waals surface area contributed by atoms with E-state index in [2.05, 4.69) is 10.5 Å². The first-order chi connectivity index (χ1) is 15.4. The zero-order chi connectivity index (χ0) is 22.8. The monoisotopic (exact) mass is 454 g/mol. The second-order valence-electron chi connectivity index (χ2n) is 7.05. The van der Waals surface area contributed by atoms with Gasteiger partial charge in [0.05, 0.1) is 11.8 Å². The van der Waals surface area contributed by atoms with Gasteiger partial charge in [0.25, 0.3) is 11.8 Å². The van der Waals surface area contributed by atoms with Gasteiger partial charge < -0.3 is 19.8 Å². The largest absolute Gasteiger partial charge is 0.477 e. The van der Waals surface area contributed by atoms with Crippen molar-refractivity contribution in [1.82, 2.24) is 14.8 Å². The van der Waals surface area contributed by atoms with E-state index in [1.165, 1.54) is 47.9 Å². The van der Waals surface area contributed by atoms with Crippen LogP contribution >= 0.6 is 11.8 Å². The second-order valence-corrected chi connectivity index (χ2v) is 8.15. The van der Waals surface area contributed by atoms with Crippen LogP contribution in [0.3, 0.4) is 0 Å². The van der Waals surface area contributed by atoms with Crippen molar-refractivity contribution in [3.63, 3.8) is 0 Å². The van der Waals surface area contributed by atoms with Gasteiger partial charge in [0.15, 0.2) is 5.75 Å². The summed E-state index contributed by atoms with van der Waals surface area (Å²) in [5.74, 6) is -1.57. The van der Waals surface area contributed by atoms with Crippen molar-refractivity contribution in [2.45, 2.75) is 11.4 Å². The lowest BCUT2D eigenvalue weighted by atomic mass is 10.0. The van der Waals surface area contributed by atoms with E-state index in [9.17, 15) is 24.3 Å². The lowest BCUT2D eigenvalue weighted by Gasteiger charge is -2.49. The molecule has 0 spiro atoms. The number of benzene rings is 1. The van der Waals surface area contributed by atoms with Crippen LogP contribution in [0.25, 0.3) is 0 Å². The van der Waals surface area contributed by atoms with E-state index in [-0.39, 0.29) is 22.6 Å². The van der Waals surface area contributed by atoms with Crippen molar-refractivity contribution in [2.24, 2.45) is 12.2 Å². The Kier molecular flexibility index (Phi) is 5.82. The molecule has 1 saturated heterocycles. The maximum absolute atomic E-state index is 12.7. The number of carboxylic acid groups (broad SMARTS) is 1. The Bertz CT molecular complexity index is 1210. The van der Waals surface area contributed by atoms with E-state index >= 15 is 0 Å². The lowest BCUT2D eigenvalue weighted by molar-refractivity contribution is -0.148. The third kappa shape index (κ3) is 4.02.